The molecule has 0 aliphatic carbocycles. The van der Waals surface area contributed by atoms with Gasteiger partial charge in [-0.15, -0.1) is 0 Å². The van der Waals surface area contributed by atoms with Crippen LogP contribution >= 0.6 is 11.6 Å². The second kappa shape index (κ2) is 11.8. The summed E-state index contributed by atoms with van der Waals surface area (Å²) < 4.78 is 4.61. The van der Waals surface area contributed by atoms with Crippen molar-refractivity contribution >= 4 is 23.5 Å². The predicted octanol–water partition coefficient (Wildman–Crippen LogP) is 2.78. The number of rotatable bonds is 9. The third kappa shape index (κ3) is 9.08. The zero-order chi connectivity index (χ0) is 16.9. The van der Waals surface area contributed by atoms with Gasteiger partial charge in [0, 0.05) is 31.6 Å². The molecule has 0 aromatic heterocycles. The Morgan fingerprint density at radius 3 is 2.48 bits per heavy atom. The summed E-state index contributed by atoms with van der Waals surface area (Å²) in [7, 11) is 3.18. The van der Waals surface area contributed by atoms with Crippen LogP contribution in [0.3, 0.4) is 0 Å². The van der Waals surface area contributed by atoms with Crippen molar-refractivity contribution < 1.29 is 9.53 Å². The average Bonchev–Trinajstić information content (AvgIpc) is 2.57. The normalized spacial score (nSPS) is 11.2. The number of methoxy groups -OCH3 is 1. The molecule has 0 heterocycles. The number of esters is 1. The molecule has 0 amide bonds. The van der Waals surface area contributed by atoms with Crippen LogP contribution in [0.1, 0.15) is 31.2 Å². The van der Waals surface area contributed by atoms with E-state index in [-0.39, 0.29) is 5.97 Å². The number of nitrogens with one attached hydrogen (secondary N) is 2. The zero-order valence-electron chi connectivity index (χ0n) is 13.9. The van der Waals surface area contributed by atoms with Crippen molar-refractivity contribution in [2.45, 2.75) is 32.1 Å². The lowest BCUT2D eigenvalue weighted by atomic mass is 10.1. The highest BCUT2D eigenvalue weighted by atomic mass is 35.5. The molecule has 1 aromatic rings. The first-order valence-corrected chi connectivity index (χ1v) is 8.29. The van der Waals surface area contributed by atoms with Crippen LogP contribution in [0.4, 0.5) is 0 Å². The molecule has 1 aromatic carbocycles. The summed E-state index contributed by atoms with van der Waals surface area (Å²) >= 11 is 5.87. The summed E-state index contributed by atoms with van der Waals surface area (Å²) in [6, 6.07) is 7.86. The Labute approximate surface area is 143 Å². The van der Waals surface area contributed by atoms with E-state index in [2.05, 4.69) is 20.4 Å². The summed E-state index contributed by atoms with van der Waals surface area (Å²) in [6.07, 6.45) is 4.25. The molecule has 0 atom stereocenters. The lowest BCUT2D eigenvalue weighted by Gasteiger charge is -2.11. The van der Waals surface area contributed by atoms with Gasteiger partial charge >= 0.3 is 5.97 Å². The van der Waals surface area contributed by atoms with E-state index in [1.807, 2.05) is 24.3 Å². The van der Waals surface area contributed by atoms with Gasteiger partial charge in [0.1, 0.15) is 0 Å². The Morgan fingerprint density at radius 2 is 1.83 bits per heavy atom. The fraction of sp³-hybridized carbons (Fsp3) is 0.529. The van der Waals surface area contributed by atoms with Gasteiger partial charge in [-0.05, 0) is 37.0 Å². The second-order valence-electron chi connectivity index (χ2n) is 5.19. The largest absolute Gasteiger partial charge is 0.469 e. The highest BCUT2D eigenvalue weighted by Gasteiger charge is 2.00. The maximum Gasteiger partial charge on any atom is 0.305 e. The molecule has 5 nitrogen and oxygen atoms in total. The van der Waals surface area contributed by atoms with Crippen LogP contribution in [0.5, 0.6) is 0 Å². The van der Waals surface area contributed by atoms with Crippen LogP contribution in [0, 0.1) is 0 Å². The van der Waals surface area contributed by atoms with Gasteiger partial charge in [-0.3, -0.25) is 9.79 Å². The number of carbonyl (C=O) groups is 1. The molecular weight excluding hydrogens is 314 g/mol. The Balaban J connectivity index is 2.10. The number of hydrogen-bond acceptors (Lipinski definition) is 3. The lowest BCUT2D eigenvalue weighted by Crippen LogP contribution is -2.38. The molecule has 0 unspecified atom stereocenters. The second-order valence-corrected chi connectivity index (χ2v) is 5.63. The molecule has 0 aliphatic heterocycles. The maximum atomic E-state index is 11.0. The van der Waals surface area contributed by atoms with Gasteiger partial charge in [0.15, 0.2) is 5.96 Å². The Morgan fingerprint density at radius 1 is 1.13 bits per heavy atom. The quantitative estimate of drug-likeness (QED) is 0.314. The lowest BCUT2D eigenvalue weighted by molar-refractivity contribution is -0.140. The molecule has 2 N–H and O–H groups in total. The van der Waals surface area contributed by atoms with E-state index in [4.69, 9.17) is 11.6 Å². The zero-order valence-corrected chi connectivity index (χ0v) is 14.7. The van der Waals surface area contributed by atoms with Crippen molar-refractivity contribution in [3.8, 4) is 0 Å². The average molecular weight is 340 g/mol. The van der Waals surface area contributed by atoms with Crippen molar-refractivity contribution in [1.82, 2.24) is 10.6 Å². The molecule has 0 fully saturated rings. The molecule has 0 bridgehead atoms. The smallest absolute Gasteiger partial charge is 0.305 e. The van der Waals surface area contributed by atoms with E-state index >= 15 is 0 Å². The van der Waals surface area contributed by atoms with Gasteiger partial charge in [0.05, 0.1) is 7.11 Å². The van der Waals surface area contributed by atoms with E-state index < -0.39 is 0 Å². The number of aliphatic imine (C=N–C) groups is 1. The number of halogens is 1. The van der Waals surface area contributed by atoms with Crippen molar-refractivity contribution in [3.05, 3.63) is 34.9 Å². The van der Waals surface area contributed by atoms with Crippen LogP contribution in [0.25, 0.3) is 0 Å². The number of unbranched alkanes of at least 4 members (excludes halogenated alkanes) is 2. The molecule has 6 heteroatoms. The Hall–Kier alpha value is -1.75. The van der Waals surface area contributed by atoms with Gasteiger partial charge in [0.25, 0.3) is 0 Å². The van der Waals surface area contributed by atoms with Crippen molar-refractivity contribution in [1.29, 1.82) is 0 Å². The van der Waals surface area contributed by atoms with Crippen LogP contribution in [-0.4, -0.2) is 39.2 Å². The molecule has 0 saturated carbocycles. The van der Waals surface area contributed by atoms with Gasteiger partial charge < -0.3 is 15.4 Å². The third-order valence-electron chi connectivity index (χ3n) is 3.42. The van der Waals surface area contributed by atoms with E-state index in [1.165, 1.54) is 12.7 Å². The van der Waals surface area contributed by atoms with Gasteiger partial charge in [-0.2, -0.15) is 0 Å². The first kappa shape index (κ1) is 19.3. The molecule has 1 rings (SSSR count). The summed E-state index contributed by atoms with van der Waals surface area (Å²) in [4.78, 5) is 15.2. The first-order valence-electron chi connectivity index (χ1n) is 7.91. The topological polar surface area (TPSA) is 62.7 Å². The van der Waals surface area contributed by atoms with Crippen LogP contribution < -0.4 is 10.6 Å². The van der Waals surface area contributed by atoms with E-state index in [0.717, 1.165) is 49.8 Å². The third-order valence-corrected chi connectivity index (χ3v) is 3.67. The Kier molecular flexibility index (Phi) is 9.87. The maximum absolute atomic E-state index is 11.0. The number of guanidine groups is 1. The predicted molar refractivity (Wildman–Crippen MR) is 95.0 cm³/mol. The molecule has 0 aliphatic rings. The van der Waals surface area contributed by atoms with Crippen molar-refractivity contribution in [2.75, 3.05) is 27.2 Å². The minimum absolute atomic E-state index is 0.141. The number of benzene rings is 1. The number of carbonyl (C=O) groups excluding carboxylic acids is 1. The van der Waals surface area contributed by atoms with Crippen LogP contribution in [-0.2, 0) is 16.0 Å². The van der Waals surface area contributed by atoms with E-state index in [0.29, 0.717) is 6.42 Å². The van der Waals surface area contributed by atoms with Gasteiger partial charge in [-0.25, -0.2) is 0 Å². The highest BCUT2D eigenvalue weighted by molar-refractivity contribution is 6.30. The molecule has 23 heavy (non-hydrogen) atoms. The Bertz CT molecular complexity index is 489. The molecule has 0 radical (unpaired) electrons. The van der Waals surface area contributed by atoms with Crippen molar-refractivity contribution in [3.63, 3.8) is 0 Å². The summed E-state index contributed by atoms with van der Waals surface area (Å²) in [5, 5.41) is 7.31. The highest BCUT2D eigenvalue weighted by Crippen LogP contribution is 2.09. The summed E-state index contributed by atoms with van der Waals surface area (Å²) in [5.74, 6) is 0.657. The van der Waals surface area contributed by atoms with Gasteiger partial charge in [-0.1, -0.05) is 30.2 Å². The summed E-state index contributed by atoms with van der Waals surface area (Å²) in [5.41, 5.74) is 1.24. The van der Waals surface area contributed by atoms with Gasteiger partial charge in [0.2, 0.25) is 0 Å². The summed E-state index contributed by atoms with van der Waals surface area (Å²) in [6.45, 7) is 1.64. The molecule has 0 spiro atoms. The number of ether oxygens (including phenoxy) is 1. The fourth-order valence-electron chi connectivity index (χ4n) is 2.08. The first-order chi connectivity index (χ1) is 11.2. The molecule has 128 valence electrons. The number of nitrogens with zero attached hydrogens (tertiary/aromatic N) is 1. The number of hydrogen-bond donors (Lipinski definition) is 2. The molecule has 0 saturated heterocycles. The minimum atomic E-state index is -0.141. The molecular formula is C17H26ClN3O2. The van der Waals surface area contributed by atoms with E-state index in [1.54, 1.807) is 7.05 Å². The van der Waals surface area contributed by atoms with E-state index in [9.17, 15) is 4.79 Å². The minimum Gasteiger partial charge on any atom is -0.469 e. The SMILES string of the molecule is CN=C(NCCCCCC(=O)OC)NCCc1ccc(Cl)cc1. The van der Waals surface area contributed by atoms with Crippen molar-refractivity contribution in [2.24, 2.45) is 4.99 Å². The monoisotopic (exact) mass is 339 g/mol. The van der Waals surface area contributed by atoms with Crippen LogP contribution in [0.2, 0.25) is 5.02 Å². The standard InChI is InChI=1S/C17H26ClN3O2/c1-19-17(20-12-5-3-4-6-16(22)23-2)21-13-11-14-7-9-15(18)10-8-14/h7-10H,3-6,11-13H2,1-2H3,(H2,19,20,21). The van der Waals surface area contributed by atoms with Crippen LogP contribution in [0.15, 0.2) is 29.3 Å². The fourth-order valence-corrected chi connectivity index (χ4v) is 2.20.